The Kier molecular flexibility index (Phi) is 4.42. The maximum Gasteiger partial charge on any atom is 0.255 e. The van der Waals surface area contributed by atoms with E-state index in [1.165, 1.54) is 0 Å². The summed E-state index contributed by atoms with van der Waals surface area (Å²) in [7, 11) is 0. The maximum absolute atomic E-state index is 13.4. The van der Waals surface area contributed by atoms with Crippen LogP contribution in [0.4, 0.5) is 5.95 Å². The lowest BCUT2D eigenvalue weighted by Gasteiger charge is -2.34. The molecule has 1 saturated heterocycles. The average Bonchev–Trinajstić information content (AvgIpc) is 3.16. The summed E-state index contributed by atoms with van der Waals surface area (Å²) in [6.45, 7) is 2.62. The molecular formula is C18H22N6O2. The summed E-state index contributed by atoms with van der Waals surface area (Å²) in [6.07, 6.45) is 6.16. The van der Waals surface area contributed by atoms with Crippen molar-refractivity contribution in [1.82, 2.24) is 24.8 Å². The van der Waals surface area contributed by atoms with Gasteiger partial charge in [-0.15, -0.1) is 0 Å². The SMILES string of the molecule is Nc1nc2c(c(=O)[nH]1)CCN(C(=O)C(c1cccnc1)N1CCCC1)C2. The monoisotopic (exact) mass is 354 g/mol. The molecule has 0 aliphatic carbocycles. The van der Waals surface area contributed by atoms with Crippen molar-refractivity contribution in [3.8, 4) is 0 Å². The third kappa shape index (κ3) is 3.08. The highest BCUT2D eigenvalue weighted by molar-refractivity contribution is 5.83. The van der Waals surface area contributed by atoms with Crippen LogP contribution in [0.5, 0.6) is 0 Å². The van der Waals surface area contributed by atoms with Crippen molar-refractivity contribution >= 4 is 11.9 Å². The number of aromatic nitrogens is 3. The van der Waals surface area contributed by atoms with E-state index in [0.717, 1.165) is 31.5 Å². The van der Waals surface area contributed by atoms with Gasteiger partial charge in [-0.25, -0.2) is 4.98 Å². The number of fused-ring (bicyclic) bond motifs is 1. The van der Waals surface area contributed by atoms with Crippen LogP contribution in [0.25, 0.3) is 0 Å². The molecule has 0 radical (unpaired) electrons. The third-order valence-corrected chi connectivity index (χ3v) is 5.14. The summed E-state index contributed by atoms with van der Waals surface area (Å²) >= 11 is 0. The van der Waals surface area contributed by atoms with Crippen molar-refractivity contribution in [3.63, 3.8) is 0 Å². The Morgan fingerprint density at radius 3 is 2.81 bits per heavy atom. The first-order valence-electron chi connectivity index (χ1n) is 8.94. The molecule has 0 aromatic carbocycles. The number of anilines is 1. The van der Waals surface area contributed by atoms with E-state index in [2.05, 4.69) is 19.9 Å². The average molecular weight is 354 g/mol. The van der Waals surface area contributed by atoms with Crippen LogP contribution in [-0.4, -0.2) is 50.3 Å². The Labute approximate surface area is 151 Å². The normalized spacial score (nSPS) is 18.5. The minimum absolute atomic E-state index is 0.0335. The van der Waals surface area contributed by atoms with Crippen molar-refractivity contribution in [2.24, 2.45) is 0 Å². The molecule has 2 aliphatic rings. The number of hydrogen-bond acceptors (Lipinski definition) is 6. The summed E-state index contributed by atoms with van der Waals surface area (Å²) in [6, 6.07) is 3.47. The number of hydrogen-bond donors (Lipinski definition) is 2. The number of rotatable bonds is 3. The Balaban J connectivity index is 1.63. The van der Waals surface area contributed by atoms with Gasteiger partial charge >= 0.3 is 0 Å². The second-order valence-corrected chi connectivity index (χ2v) is 6.82. The highest BCUT2D eigenvalue weighted by atomic mass is 16.2. The molecular weight excluding hydrogens is 332 g/mol. The minimum atomic E-state index is -0.341. The number of pyridine rings is 1. The molecule has 3 N–H and O–H groups in total. The molecule has 4 rings (SSSR count). The minimum Gasteiger partial charge on any atom is -0.369 e. The van der Waals surface area contributed by atoms with Crippen LogP contribution >= 0.6 is 0 Å². The molecule has 0 saturated carbocycles. The molecule has 1 atom stereocenters. The fourth-order valence-electron chi connectivity index (χ4n) is 3.87. The first-order valence-corrected chi connectivity index (χ1v) is 8.94. The summed E-state index contributed by atoms with van der Waals surface area (Å²) < 4.78 is 0. The van der Waals surface area contributed by atoms with Gasteiger partial charge in [-0.3, -0.25) is 24.5 Å². The van der Waals surface area contributed by atoms with E-state index >= 15 is 0 Å². The highest BCUT2D eigenvalue weighted by Crippen LogP contribution is 2.28. The Morgan fingerprint density at radius 2 is 2.08 bits per heavy atom. The second-order valence-electron chi connectivity index (χ2n) is 6.82. The highest BCUT2D eigenvalue weighted by Gasteiger charge is 2.35. The molecule has 0 bridgehead atoms. The lowest BCUT2D eigenvalue weighted by Crippen LogP contribution is -2.45. The molecule has 2 aliphatic heterocycles. The van der Waals surface area contributed by atoms with Gasteiger partial charge in [0.1, 0.15) is 6.04 Å². The summed E-state index contributed by atoms with van der Waals surface area (Å²) in [5.74, 6) is 0.123. The molecule has 2 aromatic heterocycles. The van der Waals surface area contributed by atoms with Crippen LogP contribution in [0.1, 0.15) is 35.7 Å². The number of nitrogens with two attached hydrogens (primary N) is 1. The lowest BCUT2D eigenvalue weighted by atomic mass is 10.0. The maximum atomic E-state index is 13.4. The first kappa shape index (κ1) is 16.7. The number of carbonyl (C=O) groups is 1. The van der Waals surface area contributed by atoms with Crippen LogP contribution in [0.3, 0.4) is 0 Å². The molecule has 2 aromatic rings. The van der Waals surface area contributed by atoms with E-state index in [1.54, 1.807) is 17.3 Å². The topological polar surface area (TPSA) is 108 Å². The van der Waals surface area contributed by atoms with Crippen LogP contribution in [-0.2, 0) is 17.8 Å². The lowest BCUT2D eigenvalue weighted by molar-refractivity contribution is -0.138. The Bertz CT molecular complexity index is 860. The molecule has 1 fully saturated rings. The first-order chi connectivity index (χ1) is 12.6. The molecule has 4 heterocycles. The van der Waals surface area contributed by atoms with Gasteiger partial charge in [-0.1, -0.05) is 6.07 Å². The number of nitrogens with zero attached hydrogens (tertiary/aromatic N) is 4. The third-order valence-electron chi connectivity index (χ3n) is 5.14. The number of amides is 1. The van der Waals surface area contributed by atoms with Crippen molar-refractivity contribution in [1.29, 1.82) is 0 Å². The van der Waals surface area contributed by atoms with E-state index in [0.29, 0.717) is 30.8 Å². The van der Waals surface area contributed by atoms with E-state index in [4.69, 9.17) is 5.73 Å². The smallest absolute Gasteiger partial charge is 0.255 e. The quantitative estimate of drug-likeness (QED) is 0.829. The van der Waals surface area contributed by atoms with Gasteiger partial charge in [0.25, 0.3) is 5.56 Å². The summed E-state index contributed by atoms with van der Waals surface area (Å²) in [5.41, 5.74) is 7.59. The van der Waals surface area contributed by atoms with Gasteiger partial charge in [-0.2, -0.15) is 0 Å². The number of likely N-dealkylation sites (tertiary alicyclic amines) is 1. The zero-order valence-corrected chi connectivity index (χ0v) is 14.5. The molecule has 8 heteroatoms. The van der Waals surface area contributed by atoms with Crippen molar-refractivity contribution in [2.45, 2.75) is 31.8 Å². The molecule has 26 heavy (non-hydrogen) atoms. The van der Waals surface area contributed by atoms with Crippen molar-refractivity contribution in [3.05, 3.63) is 51.7 Å². The predicted octanol–water partition coefficient (Wildman–Crippen LogP) is 0.469. The van der Waals surface area contributed by atoms with Gasteiger partial charge in [0.15, 0.2) is 0 Å². The predicted molar refractivity (Wildman–Crippen MR) is 96.2 cm³/mol. The van der Waals surface area contributed by atoms with Gasteiger partial charge in [0.05, 0.1) is 12.2 Å². The Hall–Kier alpha value is -2.74. The summed E-state index contributed by atoms with van der Waals surface area (Å²) in [4.78, 5) is 40.4. The molecule has 136 valence electrons. The molecule has 0 spiro atoms. The van der Waals surface area contributed by atoms with Crippen LogP contribution in [0.15, 0.2) is 29.3 Å². The van der Waals surface area contributed by atoms with Crippen LogP contribution in [0.2, 0.25) is 0 Å². The zero-order valence-electron chi connectivity index (χ0n) is 14.5. The standard InChI is InChI=1S/C18H22N6O2/c19-18-21-14-11-24(9-5-13(14)16(25)22-18)17(26)15(23-7-1-2-8-23)12-4-3-6-20-10-12/h3-4,6,10,15H,1-2,5,7-9,11H2,(H3,19,21,22,25). The van der Waals surface area contributed by atoms with Crippen molar-refractivity contribution < 1.29 is 4.79 Å². The van der Waals surface area contributed by atoms with Gasteiger partial charge in [-0.05, 0) is 44.0 Å². The number of aromatic amines is 1. The van der Waals surface area contributed by atoms with E-state index in [-0.39, 0.29) is 23.5 Å². The van der Waals surface area contributed by atoms with Gasteiger partial charge < -0.3 is 10.6 Å². The fraction of sp³-hybridized carbons (Fsp3) is 0.444. The molecule has 1 amide bonds. The number of carbonyl (C=O) groups excluding carboxylic acids is 1. The second kappa shape index (κ2) is 6.87. The molecule has 8 nitrogen and oxygen atoms in total. The number of nitrogen functional groups attached to an aromatic ring is 1. The van der Waals surface area contributed by atoms with E-state index in [9.17, 15) is 9.59 Å². The van der Waals surface area contributed by atoms with Crippen LogP contribution in [0, 0.1) is 0 Å². The number of H-pyrrole nitrogens is 1. The zero-order chi connectivity index (χ0) is 18.1. The fourth-order valence-corrected chi connectivity index (χ4v) is 3.87. The van der Waals surface area contributed by atoms with Crippen molar-refractivity contribution in [2.75, 3.05) is 25.4 Å². The van der Waals surface area contributed by atoms with Gasteiger partial charge in [0.2, 0.25) is 11.9 Å². The number of nitrogens with one attached hydrogen (secondary N) is 1. The van der Waals surface area contributed by atoms with E-state index in [1.807, 2.05) is 12.1 Å². The Morgan fingerprint density at radius 1 is 1.27 bits per heavy atom. The van der Waals surface area contributed by atoms with Crippen LogP contribution < -0.4 is 11.3 Å². The van der Waals surface area contributed by atoms with E-state index < -0.39 is 0 Å². The summed E-state index contributed by atoms with van der Waals surface area (Å²) in [5, 5.41) is 0. The largest absolute Gasteiger partial charge is 0.369 e. The van der Waals surface area contributed by atoms with Gasteiger partial charge in [0, 0.05) is 24.5 Å². The molecule has 1 unspecified atom stereocenters.